The van der Waals surface area contributed by atoms with Crippen molar-refractivity contribution in [3.8, 4) is 0 Å². The van der Waals surface area contributed by atoms with Crippen LogP contribution in [-0.2, 0) is 16.0 Å². The maximum Gasteiger partial charge on any atom is 0.323 e. The summed E-state index contributed by atoms with van der Waals surface area (Å²) in [5.41, 5.74) is 6.89. The Labute approximate surface area is 87.9 Å². The summed E-state index contributed by atoms with van der Waals surface area (Å²) in [6, 6.07) is 1.49. The van der Waals surface area contributed by atoms with E-state index in [1.165, 1.54) is 5.56 Å². The maximum absolute atomic E-state index is 11.2. The van der Waals surface area contributed by atoms with Gasteiger partial charge in [0.1, 0.15) is 6.04 Å². The van der Waals surface area contributed by atoms with Gasteiger partial charge in [0.25, 0.3) is 0 Å². The molecule has 0 aliphatic carbocycles. The van der Waals surface area contributed by atoms with Gasteiger partial charge >= 0.3 is 5.97 Å². The van der Waals surface area contributed by atoms with Crippen molar-refractivity contribution in [2.75, 3.05) is 6.61 Å². The Balaban J connectivity index is 2.52. The third-order valence-electron chi connectivity index (χ3n) is 1.96. The van der Waals surface area contributed by atoms with Crippen molar-refractivity contribution in [2.45, 2.75) is 26.3 Å². The van der Waals surface area contributed by atoms with Crippen molar-refractivity contribution in [3.63, 3.8) is 0 Å². The first kappa shape index (κ1) is 11.2. The van der Waals surface area contributed by atoms with Gasteiger partial charge in [-0.15, -0.1) is 11.3 Å². The molecule has 3 nitrogen and oxygen atoms in total. The van der Waals surface area contributed by atoms with Crippen LogP contribution in [0.15, 0.2) is 11.4 Å². The fraction of sp³-hybridized carbons (Fsp3) is 0.500. The van der Waals surface area contributed by atoms with E-state index in [2.05, 4.69) is 0 Å². The first-order valence-corrected chi connectivity index (χ1v) is 5.48. The number of esters is 1. The highest BCUT2D eigenvalue weighted by atomic mass is 32.1. The summed E-state index contributed by atoms with van der Waals surface area (Å²) in [7, 11) is 0. The summed E-state index contributed by atoms with van der Waals surface area (Å²) in [5, 5.41) is 2.00. The molecule has 2 N–H and O–H groups in total. The van der Waals surface area contributed by atoms with E-state index in [9.17, 15) is 4.79 Å². The highest BCUT2D eigenvalue weighted by Crippen LogP contribution is 2.17. The minimum Gasteiger partial charge on any atom is -0.465 e. The average molecular weight is 213 g/mol. The predicted molar refractivity (Wildman–Crippen MR) is 57.4 cm³/mol. The van der Waals surface area contributed by atoms with Gasteiger partial charge in [-0.25, -0.2) is 0 Å². The summed E-state index contributed by atoms with van der Waals surface area (Å²) in [6.07, 6.45) is 0.572. The molecule has 1 rings (SSSR count). The number of hydrogen-bond acceptors (Lipinski definition) is 4. The Bertz CT molecular complexity index is 309. The lowest BCUT2D eigenvalue weighted by Gasteiger charge is -2.09. The number of thiophene rings is 1. The van der Waals surface area contributed by atoms with Gasteiger partial charge in [-0.2, -0.15) is 0 Å². The van der Waals surface area contributed by atoms with Gasteiger partial charge in [0.05, 0.1) is 6.61 Å². The maximum atomic E-state index is 11.2. The molecule has 0 fully saturated rings. The molecular weight excluding hydrogens is 198 g/mol. The van der Waals surface area contributed by atoms with Crippen LogP contribution >= 0.6 is 11.3 Å². The Morgan fingerprint density at radius 2 is 2.43 bits per heavy atom. The summed E-state index contributed by atoms with van der Waals surface area (Å²) in [6.45, 7) is 4.18. The molecule has 0 amide bonds. The molecule has 0 saturated carbocycles. The van der Waals surface area contributed by atoms with E-state index in [-0.39, 0.29) is 5.97 Å². The molecule has 0 bridgehead atoms. The molecule has 14 heavy (non-hydrogen) atoms. The molecule has 0 spiro atoms. The highest BCUT2D eigenvalue weighted by Gasteiger charge is 2.16. The minimum atomic E-state index is -0.535. The van der Waals surface area contributed by atoms with E-state index in [0.717, 1.165) is 4.88 Å². The molecule has 78 valence electrons. The fourth-order valence-corrected chi connectivity index (χ4v) is 2.11. The first-order valence-electron chi connectivity index (χ1n) is 4.60. The van der Waals surface area contributed by atoms with E-state index < -0.39 is 6.04 Å². The lowest BCUT2D eigenvalue weighted by Crippen LogP contribution is -2.34. The molecule has 0 unspecified atom stereocenters. The van der Waals surface area contributed by atoms with Crippen LogP contribution in [0.4, 0.5) is 0 Å². The van der Waals surface area contributed by atoms with Crippen LogP contribution < -0.4 is 5.73 Å². The summed E-state index contributed by atoms with van der Waals surface area (Å²) < 4.78 is 4.83. The van der Waals surface area contributed by atoms with E-state index in [1.807, 2.05) is 18.4 Å². The zero-order valence-electron chi connectivity index (χ0n) is 8.45. The van der Waals surface area contributed by atoms with Crippen LogP contribution in [0.2, 0.25) is 0 Å². The van der Waals surface area contributed by atoms with Crippen LogP contribution in [-0.4, -0.2) is 18.6 Å². The molecule has 4 heteroatoms. The SMILES string of the molecule is CCOC(=O)[C@H](N)Cc1sccc1C. The van der Waals surface area contributed by atoms with Gasteiger partial charge < -0.3 is 10.5 Å². The number of hydrogen-bond donors (Lipinski definition) is 1. The molecule has 1 aromatic rings. The Hall–Kier alpha value is -0.870. The quantitative estimate of drug-likeness (QED) is 0.771. The average Bonchev–Trinajstić information content (AvgIpc) is 2.52. The largest absolute Gasteiger partial charge is 0.465 e. The van der Waals surface area contributed by atoms with Crippen molar-refractivity contribution in [1.29, 1.82) is 0 Å². The molecule has 0 radical (unpaired) electrons. The topological polar surface area (TPSA) is 52.3 Å². The van der Waals surface area contributed by atoms with Crippen molar-refractivity contribution >= 4 is 17.3 Å². The van der Waals surface area contributed by atoms with Gasteiger partial charge in [-0.1, -0.05) is 0 Å². The van der Waals surface area contributed by atoms with Crippen LogP contribution in [0.3, 0.4) is 0 Å². The zero-order chi connectivity index (χ0) is 10.6. The minimum absolute atomic E-state index is 0.319. The molecule has 1 aromatic heterocycles. The van der Waals surface area contributed by atoms with Crippen molar-refractivity contribution < 1.29 is 9.53 Å². The first-order chi connectivity index (χ1) is 6.65. The number of rotatable bonds is 4. The third kappa shape index (κ3) is 2.82. The van der Waals surface area contributed by atoms with Crippen molar-refractivity contribution in [2.24, 2.45) is 5.73 Å². The lowest BCUT2D eigenvalue weighted by molar-refractivity contribution is -0.144. The summed E-state index contributed by atoms with van der Waals surface area (Å²) >= 11 is 1.63. The smallest absolute Gasteiger partial charge is 0.323 e. The van der Waals surface area contributed by atoms with Crippen LogP contribution in [0.25, 0.3) is 0 Å². The molecule has 1 atom stereocenters. The Kier molecular flexibility index (Phi) is 4.10. The van der Waals surface area contributed by atoms with Crippen LogP contribution in [0.5, 0.6) is 0 Å². The van der Waals surface area contributed by atoms with E-state index in [1.54, 1.807) is 18.3 Å². The number of aryl methyl sites for hydroxylation is 1. The number of nitrogens with two attached hydrogens (primary N) is 1. The van der Waals surface area contributed by atoms with Gasteiger partial charge in [-0.05, 0) is 30.9 Å². The van der Waals surface area contributed by atoms with E-state index in [0.29, 0.717) is 13.0 Å². The summed E-state index contributed by atoms with van der Waals surface area (Å²) in [4.78, 5) is 12.4. The van der Waals surface area contributed by atoms with Gasteiger partial charge in [0.2, 0.25) is 0 Å². The second kappa shape index (κ2) is 5.12. The van der Waals surface area contributed by atoms with Gasteiger partial charge in [-0.3, -0.25) is 4.79 Å². The van der Waals surface area contributed by atoms with Crippen molar-refractivity contribution in [3.05, 3.63) is 21.9 Å². The standard InChI is InChI=1S/C10H15NO2S/c1-3-13-10(12)8(11)6-9-7(2)4-5-14-9/h4-5,8H,3,6,11H2,1-2H3/t8-/m1/s1. The lowest BCUT2D eigenvalue weighted by atomic mass is 10.1. The monoisotopic (exact) mass is 213 g/mol. The second-order valence-electron chi connectivity index (χ2n) is 3.09. The molecule has 0 aliphatic rings. The summed E-state index contributed by atoms with van der Waals surface area (Å²) in [5.74, 6) is -0.319. The van der Waals surface area contributed by atoms with Crippen LogP contribution in [0.1, 0.15) is 17.4 Å². The molecular formula is C10H15NO2S. The highest BCUT2D eigenvalue weighted by molar-refractivity contribution is 7.10. The molecule has 0 saturated heterocycles. The predicted octanol–water partition coefficient (Wildman–Crippen LogP) is 1.49. The normalized spacial score (nSPS) is 12.5. The number of carbonyl (C=O) groups is 1. The molecule has 1 heterocycles. The van der Waals surface area contributed by atoms with Crippen molar-refractivity contribution in [1.82, 2.24) is 0 Å². The van der Waals surface area contributed by atoms with Crippen LogP contribution in [0, 0.1) is 6.92 Å². The Morgan fingerprint density at radius 3 is 2.93 bits per heavy atom. The number of carbonyl (C=O) groups excluding carboxylic acids is 1. The third-order valence-corrected chi connectivity index (χ3v) is 3.01. The number of ether oxygens (including phenoxy) is 1. The van der Waals surface area contributed by atoms with E-state index in [4.69, 9.17) is 10.5 Å². The zero-order valence-corrected chi connectivity index (χ0v) is 9.26. The van der Waals surface area contributed by atoms with Gasteiger partial charge in [0, 0.05) is 11.3 Å². The molecule has 0 aliphatic heterocycles. The van der Waals surface area contributed by atoms with E-state index >= 15 is 0 Å². The molecule has 0 aromatic carbocycles. The second-order valence-corrected chi connectivity index (χ2v) is 4.09. The van der Waals surface area contributed by atoms with Gasteiger partial charge in [0.15, 0.2) is 0 Å². The Morgan fingerprint density at radius 1 is 1.71 bits per heavy atom. The fourth-order valence-electron chi connectivity index (χ4n) is 1.15.